The standard InChI is InChI=1S/C47H66O9Si/c1-32(28-55-57(47(9,10)11,37-19-15-13-16-20-37)38-21-17-14-18-22-38)27-33(2)40(48)39(31-54-44(50)46(6,7)8)41-35(30-53-43(49)45(3,4)5)29-52-42(56-41)34-23-25-36(51-12)26-24-34/h13-27,32,35,39-42,48H,28-31H2,1-12H3/b33-27+/t32-,35-,39-,40?,41-,42+/m1/s1. The molecule has 312 valence electrons. The summed E-state index contributed by atoms with van der Waals surface area (Å²) >= 11 is 0. The molecule has 0 aromatic heterocycles. The number of carbonyl (C=O) groups is 2. The van der Waals surface area contributed by atoms with E-state index in [0.29, 0.717) is 17.9 Å². The van der Waals surface area contributed by atoms with Crippen LogP contribution in [0.15, 0.2) is 96.6 Å². The lowest BCUT2D eigenvalue weighted by Crippen LogP contribution is -2.66. The zero-order valence-corrected chi connectivity index (χ0v) is 37.2. The van der Waals surface area contributed by atoms with Gasteiger partial charge in [0.1, 0.15) is 5.75 Å². The van der Waals surface area contributed by atoms with Gasteiger partial charge in [-0.2, -0.15) is 0 Å². The maximum absolute atomic E-state index is 13.2. The Labute approximate surface area is 342 Å². The van der Waals surface area contributed by atoms with Crippen molar-refractivity contribution in [2.24, 2.45) is 28.6 Å². The molecule has 10 heteroatoms. The number of hydrogen-bond donors (Lipinski definition) is 1. The Morgan fingerprint density at radius 2 is 1.33 bits per heavy atom. The van der Waals surface area contributed by atoms with Crippen molar-refractivity contribution in [3.8, 4) is 5.75 Å². The Kier molecular flexibility index (Phi) is 15.5. The summed E-state index contributed by atoms with van der Waals surface area (Å²) in [6.07, 6.45) is -0.566. The molecule has 9 nitrogen and oxygen atoms in total. The van der Waals surface area contributed by atoms with Crippen LogP contribution in [0.5, 0.6) is 5.75 Å². The van der Waals surface area contributed by atoms with Gasteiger partial charge >= 0.3 is 11.9 Å². The molecule has 1 saturated heterocycles. The lowest BCUT2D eigenvalue weighted by Gasteiger charge is -2.43. The first-order chi connectivity index (χ1) is 26.7. The summed E-state index contributed by atoms with van der Waals surface area (Å²) in [6, 6.07) is 28.4. The Balaban J connectivity index is 1.69. The fourth-order valence-electron chi connectivity index (χ4n) is 7.23. The van der Waals surface area contributed by atoms with Crippen LogP contribution >= 0.6 is 0 Å². The molecule has 1 fully saturated rings. The normalized spacial score (nSPS) is 19.9. The average Bonchev–Trinajstić information content (AvgIpc) is 3.16. The Morgan fingerprint density at radius 1 is 0.807 bits per heavy atom. The maximum Gasteiger partial charge on any atom is 0.311 e. The summed E-state index contributed by atoms with van der Waals surface area (Å²) in [5, 5.41) is 14.5. The van der Waals surface area contributed by atoms with Gasteiger partial charge in [0.2, 0.25) is 0 Å². The highest BCUT2D eigenvalue weighted by Crippen LogP contribution is 2.39. The van der Waals surface area contributed by atoms with Gasteiger partial charge in [-0.1, -0.05) is 107 Å². The van der Waals surface area contributed by atoms with Gasteiger partial charge in [0.25, 0.3) is 8.32 Å². The highest BCUT2D eigenvalue weighted by Gasteiger charge is 2.50. The van der Waals surface area contributed by atoms with E-state index in [2.05, 4.69) is 76.2 Å². The minimum atomic E-state index is -2.80. The number of carbonyl (C=O) groups excluding carboxylic acids is 2. The zero-order valence-electron chi connectivity index (χ0n) is 36.2. The van der Waals surface area contributed by atoms with E-state index in [1.54, 1.807) is 48.7 Å². The number of hydrogen-bond acceptors (Lipinski definition) is 9. The van der Waals surface area contributed by atoms with Gasteiger partial charge in [-0.05, 0) is 87.5 Å². The van der Waals surface area contributed by atoms with E-state index in [0.717, 1.165) is 5.56 Å². The number of rotatable bonds is 15. The van der Waals surface area contributed by atoms with Crippen LogP contribution in [-0.2, 0) is 33.0 Å². The van der Waals surface area contributed by atoms with Crippen molar-refractivity contribution in [1.82, 2.24) is 0 Å². The monoisotopic (exact) mass is 802 g/mol. The van der Waals surface area contributed by atoms with Crippen molar-refractivity contribution < 1.29 is 42.8 Å². The number of benzene rings is 3. The summed E-state index contributed by atoms with van der Waals surface area (Å²) < 4.78 is 37.3. The van der Waals surface area contributed by atoms with E-state index < -0.39 is 55.5 Å². The van der Waals surface area contributed by atoms with E-state index in [4.69, 9.17) is 28.1 Å². The molecule has 0 spiro atoms. The van der Waals surface area contributed by atoms with Crippen LogP contribution in [0.2, 0.25) is 5.04 Å². The molecule has 1 heterocycles. The molecule has 0 bridgehead atoms. The van der Waals surface area contributed by atoms with Crippen LogP contribution < -0.4 is 15.1 Å². The highest BCUT2D eigenvalue weighted by molar-refractivity contribution is 6.99. The third-order valence-electron chi connectivity index (χ3n) is 10.5. The summed E-state index contributed by atoms with van der Waals surface area (Å²) in [5.74, 6) is -1.37. The van der Waals surface area contributed by atoms with E-state index in [1.165, 1.54) is 10.4 Å². The number of esters is 2. The average molecular weight is 803 g/mol. The second kappa shape index (κ2) is 19.3. The van der Waals surface area contributed by atoms with Gasteiger partial charge in [-0.25, -0.2) is 0 Å². The van der Waals surface area contributed by atoms with Gasteiger partial charge in [0, 0.05) is 24.0 Å². The van der Waals surface area contributed by atoms with Crippen molar-refractivity contribution in [3.63, 3.8) is 0 Å². The van der Waals surface area contributed by atoms with Crippen LogP contribution in [0, 0.1) is 28.6 Å². The summed E-state index contributed by atoms with van der Waals surface area (Å²) in [7, 11) is -1.20. The maximum atomic E-state index is 13.2. The molecule has 1 aliphatic heterocycles. The largest absolute Gasteiger partial charge is 0.497 e. The molecule has 6 atom stereocenters. The number of aliphatic hydroxyl groups is 1. The molecule has 0 radical (unpaired) electrons. The molecular weight excluding hydrogens is 737 g/mol. The van der Waals surface area contributed by atoms with Crippen molar-refractivity contribution in [2.75, 3.05) is 33.5 Å². The molecule has 3 aromatic rings. The Bertz CT molecular complexity index is 1720. The van der Waals surface area contributed by atoms with Crippen molar-refractivity contribution in [1.29, 1.82) is 0 Å². The lowest BCUT2D eigenvalue weighted by molar-refractivity contribution is -0.267. The molecule has 0 saturated carbocycles. The fourth-order valence-corrected chi connectivity index (χ4v) is 11.9. The van der Waals surface area contributed by atoms with Crippen molar-refractivity contribution >= 4 is 30.6 Å². The zero-order chi connectivity index (χ0) is 42.2. The first-order valence-corrected chi connectivity index (χ1v) is 22.0. The van der Waals surface area contributed by atoms with Crippen molar-refractivity contribution in [3.05, 3.63) is 102 Å². The number of aliphatic hydroxyl groups excluding tert-OH is 1. The Hall–Kier alpha value is -3.80. The van der Waals surface area contributed by atoms with Gasteiger partial charge in [0.15, 0.2) is 6.29 Å². The second-order valence-electron chi connectivity index (χ2n) is 18.5. The van der Waals surface area contributed by atoms with E-state index in [9.17, 15) is 14.7 Å². The van der Waals surface area contributed by atoms with Gasteiger partial charge in [0.05, 0.1) is 50.0 Å². The van der Waals surface area contributed by atoms with Gasteiger partial charge in [-0.3, -0.25) is 9.59 Å². The second-order valence-corrected chi connectivity index (χ2v) is 22.8. The van der Waals surface area contributed by atoms with Crippen molar-refractivity contribution in [2.45, 2.75) is 99.7 Å². The molecular formula is C47H66O9Si. The molecule has 0 aliphatic carbocycles. The predicted molar refractivity (Wildman–Crippen MR) is 227 cm³/mol. The smallest absolute Gasteiger partial charge is 0.311 e. The highest BCUT2D eigenvalue weighted by atomic mass is 28.4. The molecule has 1 N–H and O–H groups in total. The molecule has 3 aromatic carbocycles. The summed E-state index contributed by atoms with van der Waals surface area (Å²) in [6.45, 7) is 22.0. The first-order valence-electron chi connectivity index (χ1n) is 20.1. The molecule has 57 heavy (non-hydrogen) atoms. The van der Waals surface area contributed by atoms with Gasteiger partial charge in [-0.15, -0.1) is 0 Å². The van der Waals surface area contributed by atoms with Crippen LogP contribution in [0.3, 0.4) is 0 Å². The van der Waals surface area contributed by atoms with E-state index >= 15 is 0 Å². The molecule has 0 amide bonds. The topological polar surface area (TPSA) is 110 Å². The third kappa shape index (κ3) is 11.7. The van der Waals surface area contributed by atoms with Crippen LogP contribution in [-0.4, -0.2) is 71.1 Å². The third-order valence-corrected chi connectivity index (χ3v) is 15.5. The van der Waals surface area contributed by atoms with E-state index in [-0.39, 0.29) is 36.7 Å². The first kappa shape index (κ1) is 45.9. The molecule has 1 unspecified atom stereocenters. The number of methoxy groups -OCH3 is 1. The van der Waals surface area contributed by atoms with Gasteiger partial charge < -0.3 is 33.2 Å². The summed E-state index contributed by atoms with van der Waals surface area (Å²) in [5.41, 5.74) is -0.0409. The lowest BCUT2D eigenvalue weighted by atomic mass is 9.83. The van der Waals surface area contributed by atoms with E-state index in [1.807, 2.05) is 49.4 Å². The quantitative estimate of drug-likeness (QED) is 0.0928. The molecule has 4 rings (SSSR count). The summed E-state index contributed by atoms with van der Waals surface area (Å²) in [4.78, 5) is 26.1. The minimum Gasteiger partial charge on any atom is -0.497 e. The van der Waals surface area contributed by atoms with Crippen LogP contribution in [0.1, 0.15) is 88.0 Å². The SMILES string of the molecule is COc1ccc([C@H]2OC[C@H](COC(=O)C(C)(C)C)[C@H]([C@H](COC(=O)C(C)(C)C)C(O)/C(C)=C/[C@@H](C)CO[Si](c3ccccc3)(c3ccccc3)C(C)(C)C)O2)cc1. The predicted octanol–water partition coefficient (Wildman–Crippen LogP) is 8.04. The minimum absolute atomic E-state index is 0.00195. The van der Waals surface area contributed by atoms with Crippen LogP contribution in [0.25, 0.3) is 0 Å². The number of ether oxygens (including phenoxy) is 5. The molecule has 1 aliphatic rings. The van der Waals surface area contributed by atoms with Crippen LogP contribution in [0.4, 0.5) is 0 Å². The fraction of sp³-hybridized carbons (Fsp3) is 0.532. The Morgan fingerprint density at radius 3 is 1.82 bits per heavy atom.